The molecule has 0 amide bonds. The first-order valence-electron chi connectivity index (χ1n) is 5.93. The zero-order valence-electron chi connectivity index (χ0n) is 10.4. The molecule has 0 radical (unpaired) electrons. The van der Waals surface area contributed by atoms with Crippen LogP contribution in [0.2, 0.25) is 5.02 Å². The highest BCUT2D eigenvalue weighted by atomic mass is 35.5. The summed E-state index contributed by atoms with van der Waals surface area (Å²) in [5.74, 6) is 0.697. The number of ketones is 1. The van der Waals surface area contributed by atoms with Gasteiger partial charge in [-0.25, -0.2) is 0 Å². The minimum absolute atomic E-state index is 0.00861. The van der Waals surface area contributed by atoms with Gasteiger partial charge in [0, 0.05) is 17.9 Å². The summed E-state index contributed by atoms with van der Waals surface area (Å²) >= 11 is 6.20. The van der Waals surface area contributed by atoms with E-state index in [4.69, 9.17) is 16.3 Å². The molecule has 0 aromatic heterocycles. The lowest BCUT2D eigenvalue weighted by Gasteiger charge is -2.30. The van der Waals surface area contributed by atoms with E-state index in [1.54, 1.807) is 19.2 Å². The number of methoxy groups -OCH3 is 1. The minimum Gasteiger partial charge on any atom is -0.496 e. The number of Topliss-reactive ketones (excluding diaryl/α,β-unsaturated/α-hetero) is 1. The summed E-state index contributed by atoms with van der Waals surface area (Å²) in [6, 6.07) is 3.46. The Kier molecular flexibility index (Phi) is 3.71. The molecule has 0 spiro atoms. The van der Waals surface area contributed by atoms with Crippen molar-refractivity contribution in [3.8, 4) is 5.75 Å². The van der Waals surface area contributed by atoms with Crippen LogP contribution in [0.1, 0.15) is 41.6 Å². The average molecular weight is 267 g/mol. The Morgan fingerprint density at radius 1 is 1.50 bits per heavy atom. The molecule has 4 heteroatoms. The van der Waals surface area contributed by atoms with Crippen molar-refractivity contribution < 1.29 is 14.3 Å². The second kappa shape index (κ2) is 5.11. The quantitative estimate of drug-likeness (QED) is 0.789. The van der Waals surface area contributed by atoms with Crippen molar-refractivity contribution in [2.24, 2.45) is 5.92 Å². The molecule has 1 aliphatic carbocycles. The SMILES string of the molecule is COc1ccc(Cl)c2c1C(=O)C[C@@H](CC=O)[C@@H]2C. The second-order valence-electron chi connectivity index (χ2n) is 4.62. The fourth-order valence-electron chi connectivity index (χ4n) is 2.64. The zero-order chi connectivity index (χ0) is 13.3. The third kappa shape index (κ3) is 2.03. The van der Waals surface area contributed by atoms with Crippen LogP contribution in [0.25, 0.3) is 0 Å². The van der Waals surface area contributed by atoms with E-state index in [1.165, 1.54) is 0 Å². The van der Waals surface area contributed by atoms with Crippen LogP contribution in [0.5, 0.6) is 5.75 Å². The normalized spacial score (nSPS) is 22.5. The summed E-state index contributed by atoms with van der Waals surface area (Å²) in [6.45, 7) is 2.00. The van der Waals surface area contributed by atoms with Gasteiger partial charge in [0.05, 0.1) is 12.7 Å². The van der Waals surface area contributed by atoms with E-state index in [1.807, 2.05) is 6.92 Å². The van der Waals surface area contributed by atoms with Crippen molar-refractivity contribution in [1.29, 1.82) is 0 Å². The van der Waals surface area contributed by atoms with E-state index in [2.05, 4.69) is 0 Å². The molecule has 18 heavy (non-hydrogen) atoms. The predicted octanol–water partition coefficient (Wildman–Crippen LogP) is 3.24. The highest BCUT2D eigenvalue weighted by Gasteiger charge is 2.34. The number of halogens is 1. The molecule has 2 rings (SSSR count). The number of carbonyl (C=O) groups is 2. The zero-order valence-corrected chi connectivity index (χ0v) is 11.2. The number of aldehydes is 1. The van der Waals surface area contributed by atoms with Crippen molar-refractivity contribution in [2.75, 3.05) is 7.11 Å². The standard InChI is InChI=1S/C14H15ClO3/c1-8-9(5-6-16)7-11(17)14-12(18-2)4-3-10(15)13(8)14/h3-4,6,8-9H,5,7H2,1-2H3/t8-,9+/m0/s1. The van der Waals surface area contributed by atoms with E-state index < -0.39 is 0 Å². The van der Waals surface area contributed by atoms with Crippen molar-refractivity contribution in [3.05, 3.63) is 28.3 Å². The number of ether oxygens (including phenoxy) is 1. The van der Waals surface area contributed by atoms with Gasteiger partial charge >= 0.3 is 0 Å². The predicted molar refractivity (Wildman–Crippen MR) is 69.5 cm³/mol. The molecular weight excluding hydrogens is 252 g/mol. The van der Waals surface area contributed by atoms with Crippen molar-refractivity contribution >= 4 is 23.7 Å². The topological polar surface area (TPSA) is 43.4 Å². The Hall–Kier alpha value is -1.35. The number of hydrogen-bond donors (Lipinski definition) is 0. The maximum Gasteiger partial charge on any atom is 0.167 e. The fraction of sp³-hybridized carbons (Fsp3) is 0.429. The van der Waals surface area contributed by atoms with Gasteiger partial charge in [-0.3, -0.25) is 4.79 Å². The Labute approximate surface area is 111 Å². The summed E-state index contributed by atoms with van der Waals surface area (Å²) in [5.41, 5.74) is 1.40. The Morgan fingerprint density at radius 2 is 2.22 bits per heavy atom. The molecule has 96 valence electrons. The van der Waals surface area contributed by atoms with Crippen LogP contribution in [0.4, 0.5) is 0 Å². The molecule has 0 bridgehead atoms. The molecule has 0 N–H and O–H groups in total. The number of fused-ring (bicyclic) bond motifs is 1. The Morgan fingerprint density at radius 3 is 2.83 bits per heavy atom. The van der Waals surface area contributed by atoms with Gasteiger partial charge in [0.15, 0.2) is 5.78 Å². The van der Waals surface area contributed by atoms with Gasteiger partial charge in [-0.05, 0) is 29.5 Å². The summed E-state index contributed by atoms with van der Waals surface area (Å²) < 4.78 is 5.23. The van der Waals surface area contributed by atoms with Gasteiger partial charge in [0.1, 0.15) is 12.0 Å². The van der Waals surface area contributed by atoms with E-state index >= 15 is 0 Å². The largest absolute Gasteiger partial charge is 0.496 e. The van der Waals surface area contributed by atoms with Crippen LogP contribution in [0.3, 0.4) is 0 Å². The monoisotopic (exact) mass is 266 g/mol. The lowest BCUT2D eigenvalue weighted by molar-refractivity contribution is -0.108. The summed E-state index contributed by atoms with van der Waals surface area (Å²) in [4.78, 5) is 22.9. The van der Waals surface area contributed by atoms with Gasteiger partial charge < -0.3 is 9.53 Å². The molecule has 2 atom stereocenters. The van der Waals surface area contributed by atoms with Crippen LogP contribution in [0, 0.1) is 5.92 Å². The van der Waals surface area contributed by atoms with E-state index in [0.717, 1.165) is 11.8 Å². The third-order valence-corrected chi connectivity index (χ3v) is 3.99. The molecule has 0 saturated carbocycles. The van der Waals surface area contributed by atoms with Crippen molar-refractivity contribution in [1.82, 2.24) is 0 Å². The maximum absolute atomic E-state index is 12.2. The smallest absolute Gasteiger partial charge is 0.167 e. The molecule has 0 saturated heterocycles. The first-order valence-corrected chi connectivity index (χ1v) is 6.31. The first-order chi connectivity index (χ1) is 8.60. The van der Waals surface area contributed by atoms with E-state index in [9.17, 15) is 9.59 Å². The van der Waals surface area contributed by atoms with E-state index in [-0.39, 0.29) is 17.6 Å². The average Bonchev–Trinajstić information content (AvgIpc) is 2.35. The van der Waals surface area contributed by atoms with Crippen LogP contribution in [0.15, 0.2) is 12.1 Å². The molecule has 0 heterocycles. The summed E-state index contributed by atoms with van der Waals surface area (Å²) in [6.07, 6.45) is 1.64. The van der Waals surface area contributed by atoms with Crippen molar-refractivity contribution in [2.45, 2.75) is 25.7 Å². The molecule has 0 aliphatic heterocycles. The molecule has 1 aromatic rings. The summed E-state index contributed by atoms with van der Waals surface area (Å²) in [5, 5.41) is 0.572. The maximum atomic E-state index is 12.2. The number of hydrogen-bond acceptors (Lipinski definition) is 3. The van der Waals surface area contributed by atoms with Gasteiger partial charge in [0.2, 0.25) is 0 Å². The van der Waals surface area contributed by atoms with Gasteiger partial charge in [-0.2, -0.15) is 0 Å². The molecule has 0 unspecified atom stereocenters. The van der Waals surface area contributed by atoms with Gasteiger partial charge in [-0.15, -0.1) is 0 Å². The number of carbonyl (C=O) groups excluding carboxylic acids is 2. The number of benzene rings is 1. The third-order valence-electron chi connectivity index (χ3n) is 3.66. The van der Waals surface area contributed by atoms with Crippen LogP contribution >= 0.6 is 11.6 Å². The Balaban J connectivity index is 2.57. The lowest BCUT2D eigenvalue weighted by Crippen LogP contribution is -2.25. The fourth-order valence-corrected chi connectivity index (χ4v) is 2.97. The van der Waals surface area contributed by atoms with Crippen molar-refractivity contribution in [3.63, 3.8) is 0 Å². The van der Waals surface area contributed by atoms with Crippen LogP contribution < -0.4 is 4.74 Å². The second-order valence-corrected chi connectivity index (χ2v) is 5.02. The lowest BCUT2D eigenvalue weighted by atomic mass is 9.74. The first kappa shape index (κ1) is 13.1. The van der Waals surface area contributed by atoms with Crippen LogP contribution in [-0.2, 0) is 4.79 Å². The molecule has 1 aromatic carbocycles. The van der Waals surface area contributed by atoms with Gasteiger partial charge in [0.25, 0.3) is 0 Å². The molecule has 1 aliphatic rings. The highest BCUT2D eigenvalue weighted by molar-refractivity contribution is 6.32. The van der Waals surface area contributed by atoms with Crippen LogP contribution in [-0.4, -0.2) is 19.2 Å². The Bertz CT molecular complexity index is 496. The molecule has 3 nitrogen and oxygen atoms in total. The minimum atomic E-state index is 0.00861. The van der Waals surface area contributed by atoms with E-state index in [0.29, 0.717) is 29.2 Å². The molecular formula is C14H15ClO3. The summed E-state index contributed by atoms with van der Waals surface area (Å²) in [7, 11) is 1.54. The molecule has 0 fully saturated rings. The number of rotatable bonds is 3. The highest BCUT2D eigenvalue weighted by Crippen LogP contribution is 2.44. The van der Waals surface area contributed by atoms with Gasteiger partial charge in [-0.1, -0.05) is 18.5 Å².